The van der Waals surface area contributed by atoms with Crippen LogP contribution in [-0.4, -0.2) is 12.5 Å². The van der Waals surface area contributed by atoms with Crippen LogP contribution in [0.25, 0.3) is 0 Å². The molecule has 0 aliphatic heterocycles. The molecule has 116 valence electrons. The lowest BCUT2D eigenvalue weighted by Crippen LogP contribution is -2.12. The van der Waals surface area contributed by atoms with Crippen molar-refractivity contribution in [3.05, 3.63) is 57.6 Å². The van der Waals surface area contributed by atoms with Crippen LogP contribution in [0.2, 0.25) is 10.0 Å². The number of carbonyl (C=O) groups is 1. The number of hydrogen-bond acceptors (Lipinski definition) is 2. The van der Waals surface area contributed by atoms with Crippen molar-refractivity contribution in [1.29, 1.82) is 0 Å². The minimum Gasteiger partial charge on any atom is -0.490 e. The minimum absolute atomic E-state index is 0.267. The SMILES string of the molecule is CCCOc1c(Cl)cc(C(=O)Nc2cccc(C)c2)cc1Cl. The minimum atomic E-state index is -0.267. The van der Waals surface area contributed by atoms with Crippen LogP contribution < -0.4 is 10.1 Å². The molecule has 0 aromatic heterocycles. The number of benzene rings is 2. The fourth-order valence-electron chi connectivity index (χ4n) is 1.96. The van der Waals surface area contributed by atoms with E-state index in [1.54, 1.807) is 12.1 Å². The highest BCUT2D eigenvalue weighted by Gasteiger charge is 2.14. The van der Waals surface area contributed by atoms with Crippen LogP contribution in [0.1, 0.15) is 29.3 Å². The molecule has 0 heterocycles. The van der Waals surface area contributed by atoms with Crippen molar-refractivity contribution in [3.8, 4) is 5.75 Å². The summed E-state index contributed by atoms with van der Waals surface area (Å²) in [6.07, 6.45) is 0.849. The topological polar surface area (TPSA) is 38.3 Å². The van der Waals surface area contributed by atoms with Gasteiger partial charge in [-0.1, -0.05) is 42.3 Å². The molecule has 0 bridgehead atoms. The van der Waals surface area contributed by atoms with Crippen molar-refractivity contribution in [2.75, 3.05) is 11.9 Å². The van der Waals surface area contributed by atoms with Crippen LogP contribution in [0.5, 0.6) is 5.75 Å². The van der Waals surface area contributed by atoms with Crippen molar-refractivity contribution in [2.45, 2.75) is 20.3 Å². The molecule has 0 aliphatic carbocycles. The predicted octanol–water partition coefficient (Wildman–Crippen LogP) is 5.34. The lowest BCUT2D eigenvalue weighted by atomic mass is 10.1. The van der Waals surface area contributed by atoms with Gasteiger partial charge in [-0.25, -0.2) is 0 Å². The molecule has 5 heteroatoms. The fraction of sp³-hybridized carbons (Fsp3) is 0.235. The Morgan fingerprint density at radius 1 is 1.18 bits per heavy atom. The summed E-state index contributed by atoms with van der Waals surface area (Å²) in [5.41, 5.74) is 2.18. The quantitative estimate of drug-likeness (QED) is 0.799. The summed E-state index contributed by atoms with van der Waals surface area (Å²) >= 11 is 12.3. The lowest BCUT2D eigenvalue weighted by molar-refractivity contribution is 0.102. The zero-order chi connectivity index (χ0) is 16.1. The maximum absolute atomic E-state index is 12.3. The third kappa shape index (κ3) is 4.15. The molecule has 2 aromatic rings. The van der Waals surface area contributed by atoms with Gasteiger partial charge in [-0.2, -0.15) is 0 Å². The predicted molar refractivity (Wildman–Crippen MR) is 91.4 cm³/mol. The average Bonchev–Trinajstić information content (AvgIpc) is 2.46. The normalized spacial score (nSPS) is 10.4. The first kappa shape index (κ1) is 16.7. The van der Waals surface area contributed by atoms with Crippen molar-refractivity contribution in [3.63, 3.8) is 0 Å². The summed E-state index contributed by atoms with van der Waals surface area (Å²) in [4.78, 5) is 12.3. The summed E-state index contributed by atoms with van der Waals surface area (Å²) in [6.45, 7) is 4.48. The maximum Gasteiger partial charge on any atom is 0.255 e. The molecule has 0 fully saturated rings. The second-order valence-electron chi connectivity index (χ2n) is 4.94. The number of carbonyl (C=O) groups excluding carboxylic acids is 1. The average molecular weight is 338 g/mol. The van der Waals surface area contributed by atoms with E-state index in [4.69, 9.17) is 27.9 Å². The summed E-state index contributed by atoms with van der Waals surface area (Å²) in [6, 6.07) is 10.7. The van der Waals surface area contributed by atoms with Crippen LogP contribution in [-0.2, 0) is 0 Å². The Morgan fingerprint density at radius 2 is 1.86 bits per heavy atom. The van der Waals surface area contributed by atoms with Crippen molar-refractivity contribution < 1.29 is 9.53 Å². The van der Waals surface area contributed by atoms with E-state index < -0.39 is 0 Å². The zero-order valence-electron chi connectivity index (χ0n) is 12.5. The second kappa shape index (κ2) is 7.52. The van der Waals surface area contributed by atoms with Crippen LogP contribution in [0.15, 0.2) is 36.4 Å². The Labute approximate surface area is 140 Å². The van der Waals surface area contributed by atoms with Crippen molar-refractivity contribution >= 4 is 34.8 Å². The van der Waals surface area contributed by atoms with Gasteiger partial charge in [0, 0.05) is 11.3 Å². The molecule has 22 heavy (non-hydrogen) atoms. The Morgan fingerprint density at radius 3 is 2.45 bits per heavy atom. The van der Waals surface area contributed by atoms with Crippen LogP contribution >= 0.6 is 23.2 Å². The molecular weight excluding hydrogens is 321 g/mol. The van der Waals surface area contributed by atoms with Gasteiger partial charge in [-0.15, -0.1) is 0 Å². The van der Waals surface area contributed by atoms with Crippen molar-refractivity contribution in [2.24, 2.45) is 0 Å². The molecule has 0 unspecified atom stereocenters. The van der Waals surface area contributed by atoms with Gasteiger partial charge < -0.3 is 10.1 Å². The first-order valence-corrected chi connectivity index (χ1v) is 7.76. The summed E-state index contributed by atoms with van der Waals surface area (Å²) in [5.74, 6) is 0.147. The molecule has 1 amide bonds. The standard InChI is InChI=1S/C17H17Cl2NO2/c1-3-7-22-16-14(18)9-12(10-15(16)19)17(21)20-13-6-4-5-11(2)8-13/h4-6,8-10H,3,7H2,1-2H3,(H,20,21). The van der Waals surface area contributed by atoms with E-state index in [0.29, 0.717) is 28.0 Å². The second-order valence-corrected chi connectivity index (χ2v) is 5.76. The number of anilines is 1. The van der Waals surface area contributed by atoms with E-state index >= 15 is 0 Å². The number of ether oxygens (including phenoxy) is 1. The van der Waals surface area contributed by atoms with E-state index in [1.807, 2.05) is 38.1 Å². The van der Waals surface area contributed by atoms with E-state index in [9.17, 15) is 4.79 Å². The Balaban J connectivity index is 2.20. The smallest absolute Gasteiger partial charge is 0.255 e. The molecule has 0 saturated carbocycles. The molecular formula is C17H17Cl2NO2. The van der Waals surface area contributed by atoms with Crippen LogP contribution in [0.3, 0.4) is 0 Å². The lowest BCUT2D eigenvalue weighted by Gasteiger charge is -2.11. The number of hydrogen-bond donors (Lipinski definition) is 1. The molecule has 2 aromatic carbocycles. The molecule has 2 rings (SSSR count). The highest BCUT2D eigenvalue weighted by Crippen LogP contribution is 2.34. The third-order valence-corrected chi connectivity index (χ3v) is 3.55. The number of aryl methyl sites for hydroxylation is 1. The van der Waals surface area contributed by atoms with Gasteiger partial charge in [0.2, 0.25) is 0 Å². The highest BCUT2D eigenvalue weighted by atomic mass is 35.5. The molecule has 1 N–H and O–H groups in total. The number of amides is 1. The first-order chi connectivity index (χ1) is 10.5. The van der Waals surface area contributed by atoms with E-state index in [2.05, 4.69) is 5.32 Å². The van der Waals surface area contributed by atoms with Crippen LogP contribution in [0, 0.1) is 6.92 Å². The zero-order valence-corrected chi connectivity index (χ0v) is 14.0. The van der Waals surface area contributed by atoms with Gasteiger partial charge in [-0.3, -0.25) is 4.79 Å². The molecule has 0 saturated heterocycles. The molecule has 3 nitrogen and oxygen atoms in total. The van der Waals surface area contributed by atoms with E-state index in [1.165, 1.54) is 0 Å². The van der Waals surface area contributed by atoms with Crippen LogP contribution in [0.4, 0.5) is 5.69 Å². The summed E-state index contributed by atoms with van der Waals surface area (Å²) in [7, 11) is 0. The third-order valence-electron chi connectivity index (χ3n) is 2.99. The van der Waals surface area contributed by atoms with Gasteiger partial charge in [0.1, 0.15) is 0 Å². The van der Waals surface area contributed by atoms with Crippen molar-refractivity contribution in [1.82, 2.24) is 0 Å². The highest BCUT2D eigenvalue weighted by molar-refractivity contribution is 6.37. The van der Waals surface area contributed by atoms with Gasteiger partial charge in [0.15, 0.2) is 5.75 Å². The van der Waals surface area contributed by atoms with E-state index in [-0.39, 0.29) is 5.91 Å². The van der Waals surface area contributed by atoms with Gasteiger partial charge >= 0.3 is 0 Å². The fourth-order valence-corrected chi connectivity index (χ4v) is 2.56. The Hall–Kier alpha value is -1.71. The Kier molecular flexibility index (Phi) is 5.69. The molecule has 0 radical (unpaired) electrons. The van der Waals surface area contributed by atoms with Gasteiger partial charge in [0.05, 0.1) is 16.7 Å². The molecule has 0 spiro atoms. The summed E-state index contributed by atoms with van der Waals surface area (Å²) < 4.78 is 5.49. The maximum atomic E-state index is 12.3. The Bertz CT molecular complexity index is 663. The monoisotopic (exact) mass is 337 g/mol. The number of nitrogens with one attached hydrogen (secondary N) is 1. The van der Waals surface area contributed by atoms with Gasteiger partial charge in [0.25, 0.3) is 5.91 Å². The first-order valence-electron chi connectivity index (χ1n) is 7.01. The number of halogens is 2. The van der Waals surface area contributed by atoms with E-state index in [0.717, 1.165) is 17.7 Å². The van der Waals surface area contributed by atoms with Gasteiger partial charge in [-0.05, 0) is 43.2 Å². The summed E-state index contributed by atoms with van der Waals surface area (Å²) in [5, 5.41) is 3.48. The molecule has 0 aliphatic rings. The number of rotatable bonds is 5. The molecule has 0 atom stereocenters. The largest absolute Gasteiger partial charge is 0.490 e.